The largest absolute Gasteiger partial charge is 0.394 e. The molecule has 1 unspecified atom stereocenters. The standard InChI is InChI=1S/C16H21N7O4/c1-7(2)23-4-8(3-19-23)14-20-13(17)10-15(21-14)22(6-18-10)16-12(26)11(25)9(5-24)27-16/h3-4,6-7,9,11-12,16,24-26H,5H2,1-2H3,(H2,17,20,21)/t9-,11-,12-,16?/m1/s1. The number of ether oxygens (including phenoxy) is 1. The van der Waals surface area contributed by atoms with Gasteiger partial charge in [0, 0.05) is 12.2 Å². The van der Waals surface area contributed by atoms with Crippen LogP contribution in [-0.2, 0) is 4.74 Å². The molecule has 0 radical (unpaired) electrons. The number of nitrogens with zero attached hydrogens (tertiary/aromatic N) is 6. The molecule has 4 heterocycles. The normalized spacial score (nSPS) is 25.7. The van der Waals surface area contributed by atoms with Gasteiger partial charge in [-0.2, -0.15) is 5.10 Å². The van der Waals surface area contributed by atoms with Gasteiger partial charge < -0.3 is 25.8 Å². The van der Waals surface area contributed by atoms with Crippen LogP contribution < -0.4 is 5.73 Å². The van der Waals surface area contributed by atoms with E-state index in [0.29, 0.717) is 22.6 Å². The summed E-state index contributed by atoms with van der Waals surface area (Å²) in [6, 6.07) is 0.185. The van der Waals surface area contributed by atoms with Crippen molar-refractivity contribution in [3.8, 4) is 11.4 Å². The minimum Gasteiger partial charge on any atom is -0.394 e. The van der Waals surface area contributed by atoms with Crippen molar-refractivity contribution in [1.29, 1.82) is 0 Å². The van der Waals surface area contributed by atoms with Gasteiger partial charge in [0.15, 0.2) is 23.5 Å². The number of imidazole rings is 1. The predicted molar refractivity (Wildman–Crippen MR) is 94.4 cm³/mol. The first-order valence-corrected chi connectivity index (χ1v) is 8.57. The maximum absolute atomic E-state index is 10.3. The van der Waals surface area contributed by atoms with Crippen LogP contribution in [0.4, 0.5) is 5.82 Å². The van der Waals surface area contributed by atoms with Crippen LogP contribution in [-0.4, -0.2) is 69.5 Å². The van der Waals surface area contributed by atoms with Gasteiger partial charge in [-0.15, -0.1) is 0 Å². The lowest BCUT2D eigenvalue weighted by atomic mass is 10.1. The molecule has 1 saturated heterocycles. The van der Waals surface area contributed by atoms with Crippen molar-refractivity contribution >= 4 is 17.0 Å². The summed E-state index contributed by atoms with van der Waals surface area (Å²) in [5.41, 5.74) is 7.43. The van der Waals surface area contributed by atoms with Crippen LogP contribution >= 0.6 is 0 Å². The van der Waals surface area contributed by atoms with E-state index >= 15 is 0 Å². The fraction of sp³-hybridized carbons (Fsp3) is 0.500. The Kier molecular flexibility index (Phi) is 4.30. The quantitative estimate of drug-likeness (QED) is 0.470. The van der Waals surface area contributed by atoms with Crippen LogP contribution in [0.3, 0.4) is 0 Å². The number of aromatic nitrogens is 6. The zero-order chi connectivity index (χ0) is 19.3. The van der Waals surface area contributed by atoms with Gasteiger partial charge >= 0.3 is 0 Å². The number of hydrogen-bond acceptors (Lipinski definition) is 9. The van der Waals surface area contributed by atoms with Crippen LogP contribution in [0.15, 0.2) is 18.7 Å². The smallest absolute Gasteiger partial charge is 0.168 e. The van der Waals surface area contributed by atoms with Crippen molar-refractivity contribution < 1.29 is 20.1 Å². The van der Waals surface area contributed by atoms with Crippen molar-refractivity contribution in [3.05, 3.63) is 18.7 Å². The highest BCUT2D eigenvalue weighted by molar-refractivity contribution is 5.83. The molecule has 0 spiro atoms. The highest BCUT2D eigenvalue weighted by Gasteiger charge is 2.44. The Labute approximate surface area is 154 Å². The first-order chi connectivity index (χ1) is 12.9. The zero-order valence-corrected chi connectivity index (χ0v) is 14.8. The van der Waals surface area contributed by atoms with Crippen LogP contribution in [0.5, 0.6) is 0 Å². The van der Waals surface area contributed by atoms with E-state index in [1.807, 2.05) is 20.0 Å². The molecule has 1 aliphatic rings. The summed E-state index contributed by atoms with van der Waals surface area (Å²) in [7, 11) is 0. The summed E-state index contributed by atoms with van der Waals surface area (Å²) in [5, 5.41) is 33.9. The third-order valence-corrected chi connectivity index (χ3v) is 4.63. The number of nitrogens with two attached hydrogens (primary N) is 1. The van der Waals surface area contributed by atoms with Crippen LogP contribution in [0.1, 0.15) is 26.1 Å². The summed E-state index contributed by atoms with van der Waals surface area (Å²) in [5.74, 6) is 0.540. The van der Waals surface area contributed by atoms with Crippen molar-refractivity contribution in [2.24, 2.45) is 0 Å². The number of anilines is 1. The van der Waals surface area contributed by atoms with Crippen molar-refractivity contribution in [2.45, 2.75) is 44.4 Å². The van der Waals surface area contributed by atoms with Crippen LogP contribution in [0.25, 0.3) is 22.6 Å². The molecule has 0 saturated carbocycles. The van der Waals surface area contributed by atoms with E-state index in [2.05, 4.69) is 20.1 Å². The topological polar surface area (TPSA) is 157 Å². The average molecular weight is 375 g/mol. The fourth-order valence-electron chi connectivity index (χ4n) is 3.10. The highest BCUT2D eigenvalue weighted by Crippen LogP contribution is 2.32. The number of aliphatic hydroxyl groups is 3. The summed E-state index contributed by atoms with van der Waals surface area (Å²) >= 11 is 0. The molecular weight excluding hydrogens is 354 g/mol. The molecule has 0 bridgehead atoms. The maximum atomic E-state index is 10.3. The third kappa shape index (κ3) is 2.84. The minimum absolute atomic E-state index is 0.179. The Bertz CT molecular complexity index is 969. The van der Waals surface area contributed by atoms with Gasteiger partial charge in [-0.05, 0) is 13.8 Å². The monoisotopic (exact) mass is 375 g/mol. The number of aliphatic hydroxyl groups excluding tert-OH is 3. The zero-order valence-electron chi connectivity index (χ0n) is 14.8. The summed E-state index contributed by atoms with van der Waals surface area (Å²) in [6.07, 6.45) is 0.556. The molecule has 27 heavy (non-hydrogen) atoms. The number of fused-ring (bicyclic) bond motifs is 1. The van der Waals surface area contributed by atoms with Gasteiger partial charge in [-0.1, -0.05) is 0 Å². The molecule has 3 aromatic heterocycles. The lowest BCUT2D eigenvalue weighted by Crippen LogP contribution is -2.33. The molecule has 0 amide bonds. The van der Waals surface area contributed by atoms with Gasteiger partial charge in [0.05, 0.1) is 24.7 Å². The summed E-state index contributed by atoms with van der Waals surface area (Å²) in [4.78, 5) is 13.0. The molecule has 11 nitrogen and oxygen atoms in total. The minimum atomic E-state index is -1.25. The second-order valence-corrected chi connectivity index (χ2v) is 6.79. The molecule has 1 aliphatic heterocycles. The van der Waals surface area contributed by atoms with Crippen molar-refractivity contribution in [2.75, 3.05) is 12.3 Å². The first kappa shape index (κ1) is 17.8. The van der Waals surface area contributed by atoms with Gasteiger partial charge in [-0.25, -0.2) is 15.0 Å². The third-order valence-electron chi connectivity index (χ3n) is 4.63. The van der Waals surface area contributed by atoms with E-state index < -0.39 is 31.1 Å². The lowest BCUT2D eigenvalue weighted by molar-refractivity contribution is -0.0511. The number of rotatable bonds is 4. The molecule has 0 aromatic carbocycles. The Morgan fingerprint density at radius 2 is 2.04 bits per heavy atom. The van der Waals surface area contributed by atoms with E-state index in [4.69, 9.17) is 10.5 Å². The van der Waals surface area contributed by atoms with Gasteiger partial charge in [-0.3, -0.25) is 9.25 Å². The number of hydrogen-bond donors (Lipinski definition) is 4. The lowest BCUT2D eigenvalue weighted by Gasteiger charge is -2.16. The van der Waals surface area contributed by atoms with E-state index in [1.165, 1.54) is 10.9 Å². The van der Waals surface area contributed by atoms with Crippen molar-refractivity contribution in [3.63, 3.8) is 0 Å². The molecule has 5 N–H and O–H groups in total. The maximum Gasteiger partial charge on any atom is 0.168 e. The first-order valence-electron chi connectivity index (χ1n) is 8.57. The Morgan fingerprint density at radius 1 is 1.26 bits per heavy atom. The molecule has 4 rings (SSSR count). The highest BCUT2D eigenvalue weighted by atomic mass is 16.6. The molecular formula is C16H21N7O4. The van der Waals surface area contributed by atoms with Crippen LogP contribution in [0.2, 0.25) is 0 Å². The Morgan fingerprint density at radius 3 is 2.67 bits per heavy atom. The average Bonchev–Trinajstić information content (AvgIpc) is 3.34. The molecule has 11 heteroatoms. The molecule has 3 aromatic rings. The summed E-state index contributed by atoms with van der Waals surface area (Å²) in [6.45, 7) is 3.59. The second-order valence-electron chi connectivity index (χ2n) is 6.79. The van der Waals surface area contributed by atoms with Gasteiger partial charge in [0.1, 0.15) is 23.8 Å². The van der Waals surface area contributed by atoms with E-state index in [1.54, 1.807) is 10.9 Å². The van der Waals surface area contributed by atoms with E-state index in [0.717, 1.165) is 0 Å². The second kappa shape index (κ2) is 6.53. The SMILES string of the molecule is CC(C)n1cc(-c2nc(N)c3ncn(C4O[C@H](CO)[C@@H](O)[C@H]4O)c3n2)cn1. The Hall–Kier alpha value is -2.60. The summed E-state index contributed by atoms with van der Waals surface area (Å²) < 4.78 is 8.82. The number of nitrogen functional groups attached to an aromatic ring is 1. The fourth-order valence-corrected chi connectivity index (χ4v) is 3.10. The van der Waals surface area contributed by atoms with Crippen molar-refractivity contribution in [1.82, 2.24) is 29.3 Å². The predicted octanol–water partition coefficient (Wildman–Crippen LogP) is -0.536. The molecule has 1 fully saturated rings. The van der Waals surface area contributed by atoms with Crippen LogP contribution in [0, 0.1) is 0 Å². The van der Waals surface area contributed by atoms with E-state index in [-0.39, 0.29) is 11.9 Å². The Balaban J connectivity index is 1.78. The molecule has 4 atom stereocenters. The van der Waals surface area contributed by atoms with E-state index in [9.17, 15) is 15.3 Å². The van der Waals surface area contributed by atoms with Gasteiger partial charge in [0.25, 0.3) is 0 Å². The molecule has 0 aliphatic carbocycles. The molecule has 144 valence electrons. The van der Waals surface area contributed by atoms with Gasteiger partial charge in [0.2, 0.25) is 0 Å².